The molecule has 1 fully saturated rings. The molecule has 0 aliphatic carbocycles. The minimum atomic E-state index is -2.87. The van der Waals surface area contributed by atoms with Gasteiger partial charge in [0.1, 0.15) is 12.3 Å². The van der Waals surface area contributed by atoms with Gasteiger partial charge in [-0.3, -0.25) is 14.3 Å². The van der Waals surface area contributed by atoms with Crippen molar-refractivity contribution in [2.45, 2.75) is 31.7 Å². The van der Waals surface area contributed by atoms with Crippen LogP contribution in [0.2, 0.25) is 0 Å². The third-order valence-electron chi connectivity index (χ3n) is 2.57. The summed E-state index contributed by atoms with van der Waals surface area (Å²) in [5, 5.41) is 18.6. The number of aromatic amines is 1. The summed E-state index contributed by atoms with van der Waals surface area (Å²) in [7, 11) is 0. The minimum absolute atomic E-state index is 0.108. The Morgan fingerprint density at radius 1 is 1.76 bits per heavy atom. The van der Waals surface area contributed by atoms with Crippen LogP contribution in [0.15, 0.2) is 15.8 Å². The first-order valence-electron chi connectivity index (χ1n) is 6.97. The zero-order valence-corrected chi connectivity index (χ0v) is 8.71. The van der Waals surface area contributed by atoms with E-state index in [1.807, 2.05) is 4.98 Å². The Kier molecular flexibility index (Phi) is 2.04. The number of rotatable bonds is 2. The molecule has 7 heteroatoms. The molecule has 0 bridgehead atoms. The van der Waals surface area contributed by atoms with E-state index < -0.39 is 54.9 Å². The molecule has 0 spiro atoms. The van der Waals surface area contributed by atoms with Crippen LogP contribution in [0.3, 0.4) is 0 Å². The number of nitrogens with zero attached hydrogens (tertiary/aromatic N) is 1. The van der Waals surface area contributed by atoms with E-state index in [0.717, 1.165) is 0 Å². The zero-order valence-electron chi connectivity index (χ0n) is 12.7. The van der Waals surface area contributed by atoms with Gasteiger partial charge in [0.25, 0.3) is 5.56 Å². The van der Waals surface area contributed by atoms with Crippen molar-refractivity contribution in [1.29, 1.82) is 0 Å². The average Bonchev–Trinajstić information content (AvgIpc) is 2.67. The van der Waals surface area contributed by atoms with Crippen LogP contribution in [0.25, 0.3) is 0 Å². The number of hydrogen-bond acceptors (Lipinski definition) is 5. The maximum atomic E-state index is 11.8. The summed E-state index contributed by atoms with van der Waals surface area (Å²) in [5.41, 5.74) is -2.99. The predicted octanol–water partition coefficient (Wildman–Crippen LogP) is -1.51. The molecule has 17 heavy (non-hydrogen) atoms. The SMILES string of the molecule is [2H]c1c(C([2H])([2H])[2H])c(=O)[nH]c(=O)n1[C@@H]1C[C@@H](O)[C@H](CO)O1. The number of H-pyrrole nitrogens is 1. The van der Waals surface area contributed by atoms with E-state index in [9.17, 15) is 14.7 Å². The number of ether oxygens (including phenoxy) is 1. The van der Waals surface area contributed by atoms with Gasteiger partial charge >= 0.3 is 5.69 Å². The highest BCUT2D eigenvalue weighted by Crippen LogP contribution is 2.27. The van der Waals surface area contributed by atoms with E-state index in [0.29, 0.717) is 4.57 Å². The molecular weight excluding hydrogens is 228 g/mol. The van der Waals surface area contributed by atoms with E-state index in [-0.39, 0.29) is 6.42 Å². The lowest BCUT2D eigenvalue weighted by Gasteiger charge is -2.14. The summed E-state index contributed by atoms with van der Waals surface area (Å²) in [5.74, 6) is 0. The molecule has 2 heterocycles. The third kappa shape index (κ3) is 2.17. The van der Waals surface area contributed by atoms with Crippen LogP contribution in [-0.4, -0.2) is 38.6 Å². The molecule has 1 saturated heterocycles. The predicted molar refractivity (Wildman–Crippen MR) is 57.7 cm³/mol. The van der Waals surface area contributed by atoms with E-state index in [1.54, 1.807) is 0 Å². The van der Waals surface area contributed by atoms with Gasteiger partial charge in [-0.05, 0) is 6.85 Å². The first kappa shape index (κ1) is 7.80. The lowest BCUT2D eigenvalue weighted by molar-refractivity contribution is -0.0459. The lowest BCUT2D eigenvalue weighted by atomic mass is 10.2. The Hall–Kier alpha value is -1.44. The van der Waals surface area contributed by atoms with E-state index in [1.165, 1.54) is 0 Å². The van der Waals surface area contributed by atoms with Crippen molar-refractivity contribution in [3.05, 3.63) is 32.6 Å². The van der Waals surface area contributed by atoms with Crippen LogP contribution in [0.1, 0.15) is 23.7 Å². The maximum absolute atomic E-state index is 11.8. The second-order valence-corrected chi connectivity index (χ2v) is 3.73. The normalized spacial score (nSPS) is 32.7. The fourth-order valence-corrected chi connectivity index (χ4v) is 1.68. The van der Waals surface area contributed by atoms with Gasteiger partial charge in [0, 0.05) is 22.3 Å². The zero-order chi connectivity index (χ0) is 15.9. The summed E-state index contributed by atoms with van der Waals surface area (Å²) in [6.07, 6.45) is -4.03. The average molecular weight is 246 g/mol. The van der Waals surface area contributed by atoms with Gasteiger partial charge in [-0.2, -0.15) is 0 Å². The van der Waals surface area contributed by atoms with Crippen LogP contribution in [0, 0.1) is 6.85 Å². The van der Waals surface area contributed by atoms with Crippen molar-refractivity contribution >= 4 is 0 Å². The largest absolute Gasteiger partial charge is 0.394 e. The highest BCUT2D eigenvalue weighted by atomic mass is 16.5. The van der Waals surface area contributed by atoms with Crippen LogP contribution in [0.5, 0.6) is 0 Å². The van der Waals surface area contributed by atoms with Crippen molar-refractivity contribution in [1.82, 2.24) is 9.55 Å². The van der Waals surface area contributed by atoms with Crippen LogP contribution >= 0.6 is 0 Å². The second-order valence-electron chi connectivity index (χ2n) is 3.73. The topological polar surface area (TPSA) is 105 Å². The smallest absolute Gasteiger partial charge is 0.330 e. The van der Waals surface area contributed by atoms with Crippen molar-refractivity contribution < 1.29 is 20.4 Å². The fraction of sp³-hybridized carbons (Fsp3) is 0.600. The molecular formula is C10H14N2O5. The van der Waals surface area contributed by atoms with Crippen molar-refractivity contribution in [2.24, 2.45) is 0 Å². The van der Waals surface area contributed by atoms with Crippen LogP contribution < -0.4 is 11.2 Å². The Morgan fingerprint density at radius 3 is 3.12 bits per heavy atom. The highest BCUT2D eigenvalue weighted by Gasteiger charge is 2.34. The van der Waals surface area contributed by atoms with Crippen molar-refractivity contribution in [3.8, 4) is 0 Å². The summed E-state index contributed by atoms with van der Waals surface area (Å²) < 4.78 is 35.4. The van der Waals surface area contributed by atoms with E-state index >= 15 is 0 Å². The van der Waals surface area contributed by atoms with Gasteiger partial charge in [-0.15, -0.1) is 0 Å². The number of aromatic nitrogens is 2. The molecule has 1 aliphatic heterocycles. The standard InChI is InChI=1S/C10H14N2O5/c1-5-3-12(10(16)11-9(5)15)8-2-6(14)7(4-13)17-8/h3,6-8,13-14H,2,4H2,1H3,(H,11,15,16)/t6-,7+,8+/m1/s1/i1D3,3D. The molecule has 0 saturated carbocycles. The molecule has 2 rings (SSSR count). The van der Waals surface area contributed by atoms with Gasteiger partial charge in [-0.25, -0.2) is 4.79 Å². The van der Waals surface area contributed by atoms with Crippen LogP contribution in [-0.2, 0) is 4.74 Å². The number of aliphatic hydroxyl groups is 2. The number of hydrogen-bond donors (Lipinski definition) is 3. The Balaban J connectivity index is 2.56. The van der Waals surface area contributed by atoms with Crippen molar-refractivity contribution in [3.63, 3.8) is 0 Å². The molecule has 1 aliphatic rings. The van der Waals surface area contributed by atoms with Gasteiger partial charge in [0.05, 0.1) is 14.1 Å². The Morgan fingerprint density at radius 2 is 2.53 bits per heavy atom. The van der Waals surface area contributed by atoms with Crippen molar-refractivity contribution in [2.75, 3.05) is 6.61 Å². The minimum Gasteiger partial charge on any atom is -0.394 e. The van der Waals surface area contributed by atoms with Gasteiger partial charge in [0.15, 0.2) is 0 Å². The molecule has 0 amide bonds. The summed E-state index contributed by atoms with van der Waals surface area (Å²) in [6.45, 7) is -3.36. The van der Waals surface area contributed by atoms with Gasteiger partial charge < -0.3 is 14.9 Å². The summed E-state index contributed by atoms with van der Waals surface area (Å²) in [4.78, 5) is 25.2. The van der Waals surface area contributed by atoms with Gasteiger partial charge in [-0.1, -0.05) is 0 Å². The van der Waals surface area contributed by atoms with Crippen LogP contribution in [0.4, 0.5) is 0 Å². The lowest BCUT2D eigenvalue weighted by Crippen LogP contribution is -2.33. The molecule has 3 atom stereocenters. The quantitative estimate of drug-likeness (QED) is 0.588. The second kappa shape index (κ2) is 4.44. The first-order chi connectivity index (χ1) is 9.66. The third-order valence-corrected chi connectivity index (χ3v) is 2.57. The molecule has 94 valence electrons. The van der Waals surface area contributed by atoms with E-state index in [2.05, 4.69) is 0 Å². The number of aliphatic hydroxyl groups excluding tert-OH is 2. The molecule has 1 aromatic heterocycles. The summed E-state index contributed by atoms with van der Waals surface area (Å²) in [6, 6.07) is 0. The Bertz CT molecular complexity index is 652. The molecule has 7 nitrogen and oxygen atoms in total. The monoisotopic (exact) mass is 246 g/mol. The van der Waals surface area contributed by atoms with E-state index in [4.69, 9.17) is 15.3 Å². The molecule has 0 radical (unpaired) electrons. The highest BCUT2D eigenvalue weighted by molar-refractivity contribution is 5.02. The molecule has 0 aromatic carbocycles. The first-order valence-corrected chi connectivity index (χ1v) is 4.97. The molecule has 0 unspecified atom stereocenters. The summed E-state index contributed by atoms with van der Waals surface area (Å²) >= 11 is 0. The molecule has 1 aromatic rings. The molecule has 3 N–H and O–H groups in total. The fourth-order valence-electron chi connectivity index (χ4n) is 1.68. The maximum Gasteiger partial charge on any atom is 0.330 e. The Labute approximate surface area is 102 Å². The number of nitrogens with one attached hydrogen (secondary N) is 1. The van der Waals surface area contributed by atoms with Gasteiger partial charge in [0.2, 0.25) is 0 Å².